The molecule has 0 rings (SSSR count). The fourth-order valence-corrected chi connectivity index (χ4v) is 0.644. The molecule has 0 saturated heterocycles. The van der Waals surface area contributed by atoms with Crippen LogP contribution in [0, 0.1) is 11.3 Å². The fraction of sp³-hybridized carbons (Fsp3) is 0.714. The number of rotatable bonds is 4. The first kappa shape index (κ1) is 9.92. The minimum Gasteiger partial charge on any atom is -0.358 e. The van der Waals surface area contributed by atoms with Gasteiger partial charge in [-0.25, -0.2) is 0 Å². The summed E-state index contributed by atoms with van der Waals surface area (Å²) in [7, 11) is 3.41. The quantitative estimate of drug-likeness (QED) is 0.599. The van der Waals surface area contributed by atoms with Gasteiger partial charge in [0.25, 0.3) is 0 Å². The SMILES string of the molecule is CNC(=O)CN(C)CCC#N. The summed E-state index contributed by atoms with van der Waals surface area (Å²) in [5.41, 5.74) is 0. The van der Waals surface area contributed by atoms with E-state index in [0.717, 1.165) is 0 Å². The average Bonchev–Trinajstić information content (AvgIpc) is 2.00. The zero-order valence-corrected chi connectivity index (χ0v) is 6.92. The number of hydrogen-bond donors (Lipinski definition) is 1. The average molecular weight is 155 g/mol. The first-order valence-corrected chi connectivity index (χ1v) is 3.46. The number of hydrogen-bond acceptors (Lipinski definition) is 3. The van der Waals surface area contributed by atoms with Gasteiger partial charge in [0.1, 0.15) is 0 Å². The van der Waals surface area contributed by atoms with Crippen molar-refractivity contribution in [3.05, 3.63) is 0 Å². The van der Waals surface area contributed by atoms with E-state index in [1.54, 1.807) is 7.05 Å². The Morgan fingerprint density at radius 2 is 2.36 bits per heavy atom. The van der Waals surface area contributed by atoms with E-state index in [4.69, 9.17) is 5.26 Å². The van der Waals surface area contributed by atoms with Crippen molar-refractivity contribution in [2.75, 3.05) is 27.2 Å². The summed E-state index contributed by atoms with van der Waals surface area (Å²) in [4.78, 5) is 12.6. The van der Waals surface area contributed by atoms with E-state index >= 15 is 0 Å². The minimum atomic E-state index is -0.0227. The Bertz CT molecular complexity index is 162. The standard InChI is InChI=1S/C7H13N3O/c1-9-7(11)6-10(2)5-3-4-8/h3,5-6H2,1-2H3,(H,9,11). The Hall–Kier alpha value is -1.08. The topological polar surface area (TPSA) is 56.1 Å². The van der Waals surface area contributed by atoms with Gasteiger partial charge in [-0.2, -0.15) is 5.26 Å². The van der Waals surface area contributed by atoms with Crippen molar-refractivity contribution in [2.45, 2.75) is 6.42 Å². The van der Waals surface area contributed by atoms with Gasteiger partial charge in [-0.05, 0) is 7.05 Å². The van der Waals surface area contributed by atoms with Crippen molar-refractivity contribution >= 4 is 5.91 Å². The number of nitrogens with one attached hydrogen (secondary N) is 1. The molecule has 1 N–H and O–H groups in total. The fourth-order valence-electron chi connectivity index (χ4n) is 0.644. The highest BCUT2D eigenvalue weighted by molar-refractivity contribution is 5.77. The van der Waals surface area contributed by atoms with Crippen LogP contribution in [0.4, 0.5) is 0 Å². The lowest BCUT2D eigenvalue weighted by molar-refractivity contribution is -0.121. The van der Waals surface area contributed by atoms with Gasteiger partial charge in [0.05, 0.1) is 12.6 Å². The number of amides is 1. The second-order valence-corrected chi connectivity index (χ2v) is 2.32. The van der Waals surface area contributed by atoms with Crippen LogP contribution in [0.2, 0.25) is 0 Å². The van der Waals surface area contributed by atoms with Gasteiger partial charge in [-0.3, -0.25) is 9.69 Å². The number of nitrogens with zero attached hydrogens (tertiary/aromatic N) is 2. The number of nitriles is 1. The lowest BCUT2D eigenvalue weighted by Crippen LogP contribution is -2.33. The van der Waals surface area contributed by atoms with Crippen molar-refractivity contribution in [3.63, 3.8) is 0 Å². The highest BCUT2D eigenvalue weighted by Gasteiger charge is 2.02. The van der Waals surface area contributed by atoms with Crippen molar-refractivity contribution < 1.29 is 4.79 Å². The molecule has 4 nitrogen and oxygen atoms in total. The molecule has 0 aromatic carbocycles. The van der Waals surface area contributed by atoms with Gasteiger partial charge in [-0.15, -0.1) is 0 Å². The molecule has 4 heteroatoms. The molecule has 0 aliphatic carbocycles. The zero-order valence-electron chi connectivity index (χ0n) is 6.92. The molecule has 0 aromatic heterocycles. The summed E-state index contributed by atoms with van der Waals surface area (Å²) >= 11 is 0. The van der Waals surface area contributed by atoms with Gasteiger partial charge in [0.15, 0.2) is 0 Å². The van der Waals surface area contributed by atoms with Crippen molar-refractivity contribution in [3.8, 4) is 6.07 Å². The van der Waals surface area contributed by atoms with Crippen LogP contribution >= 0.6 is 0 Å². The Labute approximate surface area is 66.8 Å². The largest absolute Gasteiger partial charge is 0.358 e. The van der Waals surface area contributed by atoms with Crippen LogP contribution in [0.1, 0.15) is 6.42 Å². The van der Waals surface area contributed by atoms with E-state index in [0.29, 0.717) is 19.5 Å². The molecular formula is C7H13N3O. The normalized spacial score (nSPS) is 9.27. The highest BCUT2D eigenvalue weighted by atomic mass is 16.1. The number of carbonyl (C=O) groups is 1. The molecule has 0 aliphatic rings. The van der Waals surface area contributed by atoms with Crippen LogP contribution in [-0.4, -0.2) is 38.0 Å². The van der Waals surface area contributed by atoms with E-state index in [-0.39, 0.29) is 5.91 Å². The maximum atomic E-state index is 10.7. The summed E-state index contributed by atoms with van der Waals surface area (Å²) < 4.78 is 0. The van der Waals surface area contributed by atoms with E-state index in [9.17, 15) is 4.79 Å². The monoisotopic (exact) mass is 155 g/mol. The van der Waals surface area contributed by atoms with E-state index in [1.807, 2.05) is 18.0 Å². The second-order valence-electron chi connectivity index (χ2n) is 2.32. The molecule has 0 heterocycles. The van der Waals surface area contributed by atoms with Gasteiger partial charge in [-0.1, -0.05) is 0 Å². The van der Waals surface area contributed by atoms with Crippen LogP contribution in [0.3, 0.4) is 0 Å². The van der Waals surface area contributed by atoms with Crippen molar-refractivity contribution in [1.82, 2.24) is 10.2 Å². The predicted octanol–water partition coefficient (Wildman–Crippen LogP) is -0.422. The van der Waals surface area contributed by atoms with E-state index < -0.39 is 0 Å². The first-order chi connectivity index (χ1) is 5.20. The summed E-state index contributed by atoms with van der Waals surface area (Å²) in [5.74, 6) is -0.0227. The molecule has 0 unspecified atom stereocenters. The van der Waals surface area contributed by atoms with E-state index in [1.165, 1.54) is 0 Å². The predicted molar refractivity (Wildman–Crippen MR) is 41.8 cm³/mol. The smallest absolute Gasteiger partial charge is 0.233 e. The first-order valence-electron chi connectivity index (χ1n) is 3.46. The molecule has 62 valence electrons. The van der Waals surface area contributed by atoms with Crippen LogP contribution < -0.4 is 5.32 Å². The third-order valence-electron chi connectivity index (χ3n) is 1.30. The maximum absolute atomic E-state index is 10.7. The van der Waals surface area contributed by atoms with Crippen LogP contribution in [0.25, 0.3) is 0 Å². The molecule has 0 atom stereocenters. The summed E-state index contributed by atoms with van der Waals surface area (Å²) in [5, 5.41) is 10.7. The molecule has 0 saturated carbocycles. The molecule has 0 fully saturated rings. The van der Waals surface area contributed by atoms with Gasteiger partial charge >= 0.3 is 0 Å². The van der Waals surface area contributed by atoms with Gasteiger partial charge < -0.3 is 5.32 Å². The molecule has 0 bridgehead atoms. The molecule has 11 heavy (non-hydrogen) atoms. The van der Waals surface area contributed by atoms with Crippen molar-refractivity contribution in [2.24, 2.45) is 0 Å². The third-order valence-corrected chi connectivity index (χ3v) is 1.30. The Morgan fingerprint density at radius 3 is 2.82 bits per heavy atom. The maximum Gasteiger partial charge on any atom is 0.233 e. The Morgan fingerprint density at radius 1 is 1.73 bits per heavy atom. The van der Waals surface area contributed by atoms with Crippen LogP contribution in [0.5, 0.6) is 0 Å². The Balaban J connectivity index is 3.45. The summed E-state index contributed by atoms with van der Waals surface area (Å²) in [6, 6.07) is 2.02. The molecule has 0 radical (unpaired) electrons. The third kappa shape index (κ3) is 5.37. The minimum absolute atomic E-state index is 0.0227. The summed E-state index contributed by atoms with van der Waals surface area (Å²) in [6.45, 7) is 1.00. The number of likely N-dealkylation sites (N-methyl/N-ethyl adjacent to an activating group) is 2. The molecule has 0 aromatic rings. The Kier molecular flexibility index (Phi) is 5.13. The van der Waals surface area contributed by atoms with E-state index in [2.05, 4.69) is 5.32 Å². The van der Waals surface area contributed by atoms with Gasteiger partial charge in [0, 0.05) is 20.0 Å². The molecule has 1 amide bonds. The highest BCUT2D eigenvalue weighted by Crippen LogP contribution is 1.84. The molecule has 0 spiro atoms. The lowest BCUT2D eigenvalue weighted by atomic mass is 10.4. The summed E-state index contributed by atoms with van der Waals surface area (Å²) in [6.07, 6.45) is 0.466. The zero-order chi connectivity index (χ0) is 8.69. The van der Waals surface area contributed by atoms with Crippen LogP contribution in [0.15, 0.2) is 0 Å². The van der Waals surface area contributed by atoms with Crippen LogP contribution in [-0.2, 0) is 4.79 Å². The van der Waals surface area contributed by atoms with Crippen molar-refractivity contribution in [1.29, 1.82) is 5.26 Å². The van der Waals surface area contributed by atoms with Gasteiger partial charge in [0.2, 0.25) is 5.91 Å². The molecule has 0 aliphatic heterocycles. The number of carbonyl (C=O) groups excluding carboxylic acids is 1. The lowest BCUT2D eigenvalue weighted by Gasteiger charge is -2.12. The second kappa shape index (κ2) is 5.69. The molecular weight excluding hydrogens is 142 g/mol.